The predicted octanol–water partition coefficient (Wildman–Crippen LogP) is 2.97. The maximum atomic E-state index is 12.4. The molecule has 2 N–H and O–H groups in total. The molecule has 3 rings (SSSR count). The maximum absolute atomic E-state index is 12.4. The molecule has 1 fully saturated rings. The Kier molecular flexibility index (Phi) is 3.68. The molecule has 0 bridgehead atoms. The van der Waals surface area contributed by atoms with Crippen molar-refractivity contribution in [1.29, 1.82) is 0 Å². The third-order valence-corrected chi connectivity index (χ3v) is 4.89. The highest BCUT2D eigenvalue weighted by Gasteiger charge is 2.30. The van der Waals surface area contributed by atoms with Gasteiger partial charge in [-0.1, -0.05) is 38.0 Å². The number of amides is 1. The van der Waals surface area contributed by atoms with Crippen molar-refractivity contribution in [2.24, 2.45) is 11.3 Å². The molecule has 1 heterocycles. The van der Waals surface area contributed by atoms with Gasteiger partial charge < -0.3 is 10.6 Å². The normalized spacial score (nSPS) is 23.8. The summed E-state index contributed by atoms with van der Waals surface area (Å²) in [5, 5.41) is 6.56. The average molecular weight is 272 g/mol. The third kappa shape index (κ3) is 2.82. The fraction of sp³-hybridized carbons (Fsp3) is 0.588. The van der Waals surface area contributed by atoms with Crippen molar-refractivity contribution in [3.05, 3.63) is 29.8 Å². The number of fused-ring (bicyclic) bond motifs is 1. The second-order valence-corrected chi connectivity index (χ2v) is 6.67. The molecule has 20 heavy (non-hydrogen) atoms. The molecule has 2 aliphatic rings. The number of nitrogens with one attached hydrogen (secondary N) is 2. The summed E-state index contributed by atoms with van der Waals surface area (Å²) in [4.78, 5) is 12.4. The van der Waals surface area contributed by atoms with Gasteiger partial charge in [0.2, 0.25) is 5.91 Å². The van der Waals surface area contributed by atoms with Gasteiger partial charge in [-0.2, -0.15) is 0 Å². The smallest absolute Gasteiger partial charge is 0.225 e. The zero-order valence-electron chi connectivity index (χ0n) is 12.2. The van der Waals surface area contributed by atoms with Crippen molar-refractivity contribution in [2.75, 3.05) is 18.4 Å². The van der Waals surface area contributed by atoms with E-state index in [2.05, 4.69) is 29.7 Å². The Morgan fingerprint density at radius 2 is 2.10 bits per heavy atom. The minimum Gasteiger partial charge on any atom is -0.384 e. The average Bonchev–Trinajstić information content (AvgIpc) is 2.91. The highest BCUT2D eigenvalue weighted by atomic mass is 16.1. The SMILES string of the molecule is CC1(CNC(=O)C2CNc3ccccc3C2)CCCC1. The Balaban J connectivity index is 1.56. The lowest BCUT2D eigenvalue weighted by atomic mass is 9.88. The van der Waals surface area contributed by atoms with Gasteiger partial charge in [0.25, 0.3) is 0 Å². The van der Waals surface area contributed by atoms with Crippen LogP contribution in [0.25, 0.3) is 0 Å². The molecule has 1 aromatic carbocycles. The van der Waals surface area contributed by atoms with Crippen LogP contribution >= 0.6 is 0 Å². The molecular weight excluding hydrogens is 248 g/mol. The number of carbonyl (C=O) groups is 1. The Hall–Kier alpha value is -1.51. The Bertz CT molecular complexity index is 492. The van der Waals surface area contributed by atoms with Crippen LogP contribution in [0.5, 0.6) is 0 Å². The summed E-state index contributed by atoms with van der Waals surface area (Å²) < 4.78 is 0. The summed E-state index contributed by atoms with van der Waals surface area (Å²) in [6.07, 6.45) is 5.97. The van der Waals surface area contributed by atoms with Crippen molar-refractivity contribution in [1.82, 2.24) is 5.32 Å². The molecule has 1 unspecified atom stereocenters. The van der Waals surface area contributed by atoms with E-state index in [-0.39, 0.29) is 11.8 Å². The predicted molar refractivity (Wildman–Crippen MR) is 81.7 cm³/mol. The topological polar surface area (TPSA) is 41.1 Å². The first kappa shape index (κ1) is 13.5. The largest absolute Gasteiger partial charge is 0.384 e. The monoisotopic (exact) mass is 272 g/mol. The fourth-order valence-electron chi connectivity index (χ4n) is 3.48. The van der Waals surface area contributed by atoms with Crippen molar-refractivity contribution in [3.63, 3.8) is 0 Å². The van der Waals surface area contributed by atoms with Crippen molar-refractivity contribution >= 4 is 11.6 Å². The number of anilines is 1. The number of rotatable bonds is 3. The molecule has 3 heteroatoms. The van der Waals surface area contributed by atoms with E-state index in [0.29, 0.717) is 5.41 Å². The van der Waals surface area contributed by atoms with Gasteiger partial charge in [0.15, 0.2) is 0 Å². The minimum absolute atomic E-state index is 0.0647. The van der Waals surface area contributed by atoms with E-state index in [1.54, 1.807) is 0 Å². The van der Waals surface area contributed by atoms with Crippen LogP contribution in [0.1, 0.15) is 38.2 Å². The fourth-order valence-corrected chi connectivity index (χ4v) is 3.48. The first-order valence-electron chi connectivity index (χ1n) is 7.76. The van der Waals surface area contributed by atoms with E-state index in [0.717, 1.165) is 19.5 Å². The van der Waals surface area contributed by atoms with E-state index in [9.17, 15) is 4.79 Å². The lowest BCUT2D eigenvalue weighted by Crippen LogP contribution is -2.42. The minimum atomic E-state index is 0.0647. The molecule has 0 spiro atoms. The van der Waals surface area contributed by atoms with Gasteiger partial charge in [0, 0.05) is 18.8 Å². The summed E-state index contributed by atoms with van der Waals surface area (Å²) in [6, 6.07) is 8.27. The van der Waals surface area contributed by atoms with E-state index >= 15 is 0 Å². The summed E-state index contributed by atoms with van der Waals surface area (Å²) in [5.41, 5.74) is 2.76. The Morgan fingerprint density at radius 1 is 1.35 bits per heavy atom. The highest BCUT2D eigenvalue weighted by molar-refractivity contribution is 5.80. The van der Waals surface area contributed by atoms with Crippen LogP contribution in [0.4, 0.5) is 5.69 Å². The lowest BCUT2D eigenvalue weighted by molar-refractivity contribution is -0.125. The molecule has 0 radical (unpaired) electrons. The molecule has 108 valence electrons. The van der Waals surface area contributed by atoms with Crippen LogP contribution in [-0.2, 0) is 11.2 Å². The Labute approximate surface area is 121 Å². The molecule has 1 amide bonds. The van der Waals surface area contributed by atoms with E-state index in [1.165, 1.54) is 36.9 Å². The number of carbonyl (C=O) groups excluding carboxylic acids is 1. The molecule has 1 aromatic rings. The molecule has 1 aliphatic heterocycles. The van der Waals surface area contributed by atoms with Gasteiger partial charge >= 0.3 is 0 Å². The molecule has 1 atom stereocenters. The zero-order chi connectivity index (χ0) is 14.0. The van der Waals surface area contributed by atoms with Crippen molar-refractivity contribution < 1.29 is 4.79 Å². The summed E-state index contributed by atoms with van der Waals surface area (Å²) in [7, 11) is 0. The van der Waals surface area contributed by atoms with E-state index in [4.69, 9.17) is 0 Å². The summed E-state index contributed by atoms with van der Waals surface area (Å²) in [5.74, 6) is 0.273. The van der Waals surface area contributed by atoms with Gasteiger partial charge in [-0.15, -0.1) is 0 Å². The van der Waals surface area contributed by atoms with Crippen LogP contribution in [0, 0.1) is 11.3 Å². The van der Waals surface area contributed by atoms with Crippen LogP contribution in [-0.4, -0.2) is 19.0 Å². The molecule has 1 aliphatic carbocycles. The molecule has 0 saturated heterocycles. The summed E-state index contributed by atoms with van der Waals surface area (Å²) >= 11 is 0. The zero-order valence-corrected chi connectivity index (χ0v) is 12.2. The third-order valence-electron chi connectivity index (χ3n) is 4.89. The standard InChI is InChI=1S/C17H24N2O/c1-17(8-4-5-9-17)12-19-16(20)14-10-13-6-2-3-7-15(13)18-11-14/h2-3,6-7,14,18H,4-5,8-12H2,1H3,(H,19,20). The van der Waals surface area contributed by atoms with Crippen LogP contribution in [0.3, 0.4) is 0 Å². The quantitative estimate of drug-likeness (QED) is 0.888. The van der Waals surface area contributed by atoms with Gasteiger partial charge in [-0.05, 0) is 36.3 Å². The number of para-hydroxylation sites is 1. The van der Waals surface area contributed by atoms with E-state index < -0.39 is 0 Å². The van der Waals surface area contributed by atoms with Gasteiger partial charge in [-0.3, -0.25) is 4.79 Å². The number of benzene rings is 1. The molecule has 3 nitrogen and oxygen atoms in total. The number of hydrogen-bond donors (Lipinski definition) is 2. The molecule has 0 aromatic heterocycles. The first-order chi connectivity index (χ1) is 9.66. The van der Waals surface area contributed by atoms with E-state index in [1.807, 2.05) is 12.1 Å². The number of hydrogen-bond acceptors (Lipinski definition) is 2. The van der Waals surface area contributed by atoms with Gasteiger partial charge in [-0.25, -0.2) is 0 Å². The summed E-state index contributed by atoms with van der Waals surface area (Å²) in [6.45, 7) is 3.89. The van der Waals surface area contributed by atoms with Crippen LogP contribution < -0.4 is 10.6 Å². The first-order valence-corrected chi connectivity index (χ1v) is 7.76. The lowest BCUT2D eigenvalue weighted by Gasteiger charge is -2.28. The molecular formula is C17H24N2O. The van der Waals surface area contributed by atoms with Crippen LogP contribution in [0.15, 0.2) is 24.3 Å². The van der Waals surface area contributed by atoms with Gasteiger partial charge in [0.1, 0.15) is 0 Å². The Morgan fingerprint density at radius 3 is 2.90 bits per heavy atom. The van der Waals surface area contributed by atoms with Crippen molar-refractivity contribution in [3.8, 4) is 0 Å². The highest BCUT2D eigenvalue weighted by Crippen LogP contribution is 2.36. The molecule has 1 saturated carbocycles. The second-order valence-electron chi connectivity index (χ2n) is 6.67. The van der Waals surface area contributed by atoms with Gasteiger partial charge in [0.05, 0.1) is 5.92 Å². The second kappa shape index (κ2) is 5.47. The maximum Gasteiger partial charge on any atom is 0.225 e. The van der Waals surface area contributed by atoms with Crippen molar-refractivity contribution in [2.45, 2.75) is 39.0 Å². The van der Waals surface area contributed by atoms with Crippen LogP contribution in [0.2, 0.25) is 0 Å².